The summed E-state index contributed by atoms with van der Waals surface area (Å²) in [5.74, 6) is 0. The monoisotopic (exact) mass is 1180 g/mol. The highest BCUT2D eigenvalue weighted by Gasteiger charge is 2.30. The molecule has 0 saturated carbocycles. The first-order valence-electron chi connectivity index (χ1n) is 43.7. The van der Waals surface area contributed by atoms with Crippen molar-refractivity contribution >= 4 is 84.2 Å². The fourth-order valence-electron chi connectivity index (χ4n) is 9.42. The summed E-state index contributed by atoms with van der Waals surface area (Å²) in [5, 5.41) is -2.10. The molecule has 11 aromatic carbocycles. The van der Waals surface area contributed by atoms with Crippen LogP contribution in [0.4, 0.5) is 51.2 Å². The van der Waals surface area contributed by atoms with Gasteiger partial charge >= 0.3 is 0 Å². The predicted molar refractivity (Wildman–Crippen MR) is 369 cm³/mol. The van der Waals surface area contributed by atoms with Crippen molar-refractivity contribution in [1.29, 1.82) is 0 Å². The van der Waals surface area contributed by atoms with Gasteiger partial charge in [0.05, 0.1) is 80.1 Å². The van der Waals surface area contributed by atoms with Crippen LogP contribution in [0.5, 0.6) is 0 Å². The molecule has 12 aromatic rings. The average Bonchev–Trinajstić information content (AvgIpc) is 1.66. The van der Waals surface area contributed by atoms with E-state index in [0.717, 1.165) is 14.7 Å². The van der Waals surface area contributed by atoms with E-state index >= 15 is 0 Å². The van der Waals surface area contributed by atoms with Crippen LogP contribution < -0.4 is 14.7 Å². The third kappa shape index (κ3) is 11.7. The van der Waals surface area contributed by atoms with Gasteiger partial charge < -0.3 is 14.7 Å². The quantitative estimate of drug-likeness (QED) is 0.114. The molecule has 0 unspecified atom stereocenters. The zero-order valence-corrected chi connectivity index (χ0v) is 49.1. The van der Waals surface area contributed by atoms with E-state index in [1.54, 1.807) is 45.0 Å². The van der Waals surface area contributed by atoms with E-state index in [4.69, 9.17) is 26.7 Å². The lowest BCUT2D eigenvalue weighted by Gasteiger charge is -2.34. The minimum Gasteiger partial charge on any atom is -0.310 e. The molecular formula is C80H72ClN3S. The van der Waals surface area contributed by atoms with Gasteiger partial charge in [0, 0.05) is 49.3 Å². The minimum absolute atomic E-state index is 0.157. The first kappa shape index (κ1) is 29.2. The van der Waals surface area contributed by atoms with Crippen LogP contribution in [-0.4, -0.2) is 0 Å². The maximum atomic E-state index is 11.2. The summed E-state index contributed by atoms with van der Waals surface area (Å²) >= 11 is 8.85. The third-order valence-corrected chi connectivity index (χ3v) is 15.0. The number of rotatable bonds is 13. The zero-order valence-electron chi connectivity index (χ0n) is 81.5. The Balaban J connectivity index is 1.40. The van der Waals surface area contributed by atoms with E-state index in [0.29, 0.717) is 28.0 Å². The molecular weight excluding hydrogens is 1070 g/mol. The van der Waals surface area contributed by atoms with Crippen LogP contribution in [0, 0.1) is 0 Å². The molecule has 0 bridgehead atoms. The topological polar surface area (TPSA) is 9.72 Å². The van der Waals surface area contributed by atoms with Gasteiger partial charge in [-0.05, 0) is 151 Å². The number of anilines is 9. The number of thiophene rings is 1. The summed E-state index contributed by atoms with van der Waals surface area (Å²) in [7, 11) is 0. The lowest BCUT2D eigenvalue weighted by atomic mass is 9.84. The SMILES string of the molecule is [2H]c1sc2c([2H])c([2H])c(-c3c([2H])c([2H])c([2H])c([2H])c3[2H])c([2H])c2c1N(c1ccc(C(C)(C)C)cc1)c1c([2H])c(-c2c([2H])c([2H])c([2H])c([2H])c2[2H])c([2H])c(N(c2ccc(C(C)(C)C)cc2-c2c([2H])c([2H])c([2H])c([2H])c2[2H])c2c([2H])c([2H])c([2H])c(N(c3ccc(C(C)(C)C)cc3)c3c([2H])c([2H])c([2H])c([2H])c3-c3c([2H])c([2H])c([2H])c([2H])c3[2H])c2[2H])c1Cl. The molecule has 0 atom stereocenters. The fourth-order valence-corrected chi connectivity index (χ4v) is 10.4. The Morgan fingerprint density at radius 3 is 1.32 bits per heavy atom. The summed E-state index contributed by atoms with van der Waals surface area (Å²) in [6.45, 7) is 16.4. The van der Waals surface area contributed by atoms with Crippen molar-refractivity contribution in [2.24, 2.45) is 0 Å². The summed E-state index contributed by atoms with van der Waals surface area (Å²) < 4.78 is 325. The minimum atomic E-state index is -1.20. The molecule has 0 aliphatic heterocycles. The number of fused-ring (bicyclic) bond motifs is 1. The first-order valence-corrected chi connectivity index (χ1v) is 27.9. The van der Waals surface area contributed by atoms with Gasteiger partial charge in [0.1, 0.15) is 0 Å². The lowest BCUT2D eigenvalue weighted by molar-refractivity contribution is 0.590. The van der Waals surface area contributed by atoms with Crippen LogP contribution in [-0.2, 0) is 16.2 Å². The molecule has 5 heteroatoms. The molecule has 0 aliphatic carbocycles. The summed E-state index contributed by atoms with van der Waals surface area (Å²) in [5.41, 5.74) is -13.1. The van der Waals surface area contributed by atoms with E-state index in [1.165, 1.54) is 42.5 Å². The van der Waals surface area contributed by atoms with Crippen molar-refractivity contribution in [1.82, 2.24) is 0 Å². The molecule has 0 N–H and O–H groups in total. The Hall–Kier alpha value is -8.93. The van der Waals surface area contributed by atoms with Gasteiger partial charge in [-0.2, -0.15) is 0 Å². The summed E-state index contributed by atoms with van der Waals surface area (Å²) in [6, 6.07) is -16.6. The zero-order chi connectivity index (χ0) is 88.6. The molecule has 12 rings (SSSR count). The van der Waals surface area contributed by atoms with Crippen LogP contribution in [0.1, 0.15) is 126 Å². The Kier molecular flexibility index (Phi) is 8.00. The van der Waals surface area contributed by atoms with Gasteiger partial charge in [0.2, 0.25) is 0 Å². The third-order valence-electron chi connectivity index (χ3n) is 13.9. The average molecular weight is 1180 g/mol. The number of halogens is 1. The molecule has 0 aliphatic rings. The molecule has 0 spiro atoms. The highest BCUT2D eigenvalue weighted by Crippen LogP contribution is 2.54. The number of nitrogens with zero attached hydrogens (tertiary/aromatic N) is 3. The van der Waals surface area contributed by atoms with Gasteiger partial charge in [0.15, 0.2) is 0 Å². The number of hydrogen-bond donors (Lipinski definition) is 0. The number of hydrogen-bond acceptors (Lipinski definition) is 4. The maximum absolute atomic E-state index is 11.2. The van der Waals surface area contributed by atoms with Crippen molar-refractivity contribution in [3.63, 3.8) is 0 Å². The molecule has 0 fully saturated rings. The first-order chi connectivity index (χ1) is 55.1. The molecule has 0 amide bonds. The van der Waals surface area contributed by atoms with Crippen LogP contribution in [0.2, 0.25) is 5.02 Å². The van der Waals surface area contributed by atoms with E-state index in [9.17, 15) is 31.5 Å². The molecule has 85 heavy (non-hydrogen) atoms. The van der Waals surface area contributed by atoms with E-state index in [1.807, 2.05) is 41.5 Å². The Morgan fingerprint density at radius 1 is 0.329 bits per heavy atom. The highest BCUT2D eigenvalue weighted by molar-refractivity contribution is 7.17. The van der Waals surface area contributed by atoms with Gasteiger partial charge in [-0.15, -0.1) is 11.3 Å². The second-order valence-electron chi connectivity index (χ2n) is 22.6. The summed E-state index contributed by atoms with van der Waals surface area (Å²) in [6.07, 6.45) is 0. The molecule has 0 radical (unpaired) electrons. The molecule has 1 aromatic heterocycles. The second-order valence-corrected chi connectivity index (χ2v) is 23.8. The van der Waals surface area contributed by atoms with E-state index < -0.39 is 316 Å². The van der Waals surface area contributed by atoms with Gasteiger partial charge in [-0.25, -0.2) is 0 Å². The number of benzene rings is 11. The standard InChI is InChI=1S/C80H72ClN3S/c1-78(2,3)61-38-43-64(44-39-61)82(71-36-23-22-35-68(71)57-29-18-12-19-30-57)66-33-24-34-67(53-66)84(72-47-42-63(80(7,8)9)52-69(72)58-31-20-13-21-32-58)74-51-60(56-27-16-11-17-28-56)50-73(77(74)81)83(65-45-40-62(41-46-65)79(4,5)6)75-54-85-76-48-37-59(49-70(75)76)55-25-14-10-15-26-55/h10-54H,1-9H3/i10D,11D,12D,13D,14D,15D,16D,17D,18D,19D,20D,21D,22D,23D,24D,25D,26D,27D,28D,29D,30D,31D,32D,33D,34D,35D,36D,37D,48D,49D,50D,51D,53D,54D. The van der Waals surface area contributed by atoms with Crippen LogP contribution in [0.25, 0.3) is 54.6 Å². The second kappa shape index (κ2) is 23.3. The molecule has 1 heterocycles. The van der Waals surface area contributed by atoms with Gasteiger partial charge in [-0.1, -0.05) is 255 Å². The van der Waals surface area contributed by atoms with Gasteiger partial charge in [-0.3, -0.25) is 0 Å². The van der Waals surface area contributed by atoms with E-state index in [-0.39, 0.29) is 16.1 Å². The van der Waals surface area contributed by atoms with Gasteiger partial charge in [0.25, 0.3) is 0 Å². The lowest BCUT2D eigenvalue weighted by Crippen LogP contribution is -2.18. The smallest absolute Gasteiger partial charge is 0.0887 e. The van der Waals surface area contributed by atoms with Crippen molar-refractivity contribution in [2.75, 3.05) is 14.7 Å². The number of para-hydroxylation sites is 1. The van der Waals surface area contributed by atoms with Crippen molar-refractivity contribution in [2.45, 2.75) is 78.6 Å². The van der Waals surface area contributed by atoms with Crippen molar-refractivity contribution < 1.29 is 46.6 Å². The van der Waals surface area contributed by atoms with Crippen molar-refractivity contribution in [3.05, 3.63) is 293 Å². The maximum Gasteiger partial charge on any atom is 0.0887 e. The van der Waals surface area contributed by atoms with E-state index in [2.05, 4.69) is 0 Å². The Labute approximate surface area is 560 Å². The Bertz CT molecular complexity index is 6270. The van der Waals surface area contributed by atoms with Crippen molar-refractivity contribution in [3.8, 4) is 44.5 Å². The molecule has 420 valence electrons. The molecule has 3 nitrogen and oxygen atoms in total. The predicted octanol–water partition coefficient (Wildman–Crippen LogP) is 24.5. The highest BCUT2D eigenvalue weighted by atomic mass is 35.5. The van der Waals surface area contributed by atoms with Crippen LogP contribution in [0.15, 0.2) is 271 Å². The normalized spacial score (nSPS) is 17.5. The molecule has 0 saturated heterocycles. The summed E-state index contributed by atoms with van der Waals surface area (Å²) in [4.78, 5) is 2.70. The fraction of sp³-hybridized carbons (Fsp3) is 0.150. The Morgan fingerprint density at radius 2 is 0.776 bits per heavy atom. The largest absolute Gasteiger partial charge is 0.310 e. The van der Waals surface area contributed by atoms with Crippen LogP contribution in [0.3, 0.4) is 0 Å². The van der Waals surface area contributed by atoms with Crippen LogP contribution >= 0.6 is 22.9 Å².